The van der Waals surface area contributed by atoms with Gasteiger partial charge in [0, 0.05) is 0 Å². The van der Waals surface area contributed by atoms with E-state index < -0.39 is 23.7 Å². The second-order valence-electron chi connectivity index (χ2n) is 5.10. The minimum atomic E-state index is -1.52. The topological polar surface area (TPSA) is 116 Å². The molecule has 7 heteroatoms. The van der Waals surface area contributed by atoms with Gasteiger partial charge in [-0.3, -0.25) is 4.79 Å². The van der Waals surface area contributed by atoms with E-state index in [4.69, 9.17) is 9.47 Å². The SMILES string of the molecule is O=C1c2c(O)c3c(O)c(c2OC(c2ccc(O)cc2)C1O)O3. The number of aromatic hydroxyl groups is 3. The van der Waals surface area contributed by atoms with Crippen LogP contribution in [-0.2, 0) is 0 Å². The molecule has 0 amide bonds. The van der Waals surface area contributed by atoms with Crippen LogP contribution in [0.1, 0.15) is 22.0 Å². The van der Waals surface area contributed by atoms with Crippen molar-refractivity contribution in [2.45, 2.75) is 12.2 Å². The molecule has 5 rings (SSSR count). The van der Waals surface area contributed by atoms with Crippen LogP contribution in [0.15, 0.2) is 24.3 Å². The smallest absolute Gasteiger partial charge is 0.216 e. The Morgan fingerprint density at radius 1 is 0.909 bits per heavy atom. The van der Waals surface area contributed by atoms with Crippen molar-refractivity contribution < 1.29 is 34.7 Å². The molecule has 0 fully saturated rings. The van der Waals surface area contributed by atoms with Crippen LogP contribution in [0, 0.1) is 0 Å². The summed E-state index contributed by atoms with van der Waals surface area (Å²) >= 11 is 0. The number of carbonyl (C=O) groups is 1. The van der Waals surface area contributed by atoms with Crippen molar-refractivity contribution in [2.75, 3.05) is 0 Å². The van der Waals surface area contributed by atoms with Crippen molar-refractivity contribution in [3.8, 4) is 34.5 Å². The van der Waals surface area contributed by atoms with Crippen LogP contribution in [0.4, 0.5) is 0 Å². The van der Waals surface area contributed by atoms with E-state index in [-0.39, 0.29) is 34.3 Å². The number of aliphatic hydroxyl groups is 1. The number of phenols is 3. The van der Waals surface area contributed by atoms with Crippen LogP contribution < -0.4 is 9.47 Å². The fourth-order valence-electron chi connectivity index (χ4n) is 2.64. The highest BCUT2D eigenvalue weighted by atomic mass is 16.6. The van der Waals surface area contributed by atoms with Crippen LogP contribution in [0.3, 0.4) is 0 Å². The molecule has 0 aromatic heterocycles. The second-order valence-corrected chi connectivity index (χ2v) is 5.10. The standard InChI is InChI=1S/C15H10O7/c16-6-3-1-5(2-4-6)12-10(19)8(17)7-9(18)14-11(20)15(22-14)13(7)21-12/h1-4,10,12,16,18-20H. The molecule has 0 saturated carbocycles. The Balaban J connectivity index is 1.84. The molecule has 0 aliphatic carbocycles. The van der Waals surface area contributed by atoms with Gasteiger partial charge in [-0.1, -0.05) is 12.1 Å². The Labute approximate surface area is 123 Å². The van der Waals surface area contributed by atoms with Gasteiger partial charge >= 0.3 is 0 Å². The first-order chi connectivity index (χ1) is 10.5. The molecule has 2 bridgehead atoms. The van der Waals surface area contributed by atoms with Crippen LogP contribution in [-0.4, -0.2) is 32.3 Å². The number of Topliss-reactive ketones (excluding diaryl/α,β-unsaturated/α-hetero) is 1. The van der Waals surface area contributed by atoms with Gasteiger partial charge in [0.05, 0.1) is 0 Å². The molecule has 4 N–H and O–H groups in total. The molecule has 3 aliphatic rings. The summed E-state index contributed by atoms with van der Waals surface area (Å²) in [5.41, 5.74) is 0.260. The van der Waals surface area contributed by atoms with Gasteiger partial charge in [0.2, 0.25) is 23.0 Å². The molecule has 3 heterocycles. The van der Waals surface area contributed by atoms with E-state index in [0.717, 1.165) is 0 Å². The van der Waals surface area contributed by atoms with Crippen LogP contribution in [0.25, 0.3) is 0 Å². The molecule has 22 heavy (non-hydrogen) atoms. The van der Waals surface area contributed by atoms with Crippen molar-refractivity contribution in [3.05, 3.63) is 35.4 Å². The maximum Gasteiger partial charge on any atom is 0.216 e. The van der Waals surface area contributed by atoms with E-state index in [9.17, 15) is 25.2 Å². The molecule has 2 aromatic carbocycles. The molecule has 0 radical (unpaired) electrons. The van der Waals surface area contributed by atoms with E-state index >= 15 is 0 Å². The van der Waals surface area contributed by atoms with Crippen LogP contribution >= 0.6 is 0 Å². The first-order valence-corrected chi connectivity index (χ1v) is 6.46. The Morgan fingerprint density at radius 3 is 2.23 bits per heavy atom. The number of hydrogen-bond donors (Lipinski definition) is 4. The highest BCUT2D eigenvalue weighted by Gasteiger charge is 2.46. The average Bonchev–Trinajstić information content (AvgIpc) is 2.50. The van der Waals surface area contributed by atoms with Gasteiger partial charge in [0.15, 0.2) is 23.7 Å². The summed E-state index contributed by atoms with van der Waals surface area (Å²) in [5, 5.41) is 39.1. The minimum Gasteiger partial charge on any atom is -0.508 e. The van der Waals surface area contributed by atoms with Crippen molar-refractivity contribution >= 4 is 5.78 Å². The highest BCUT2D eigenvalue weighted by Crippen LogP contribution is 2.64. The lowest BCUT2D eigenvalue weighted by Gasteiger charge is -2.34. The first kappa shape index (κ1) is 12.8. The Hall–Kier alpha value is -2.93. The van der Waals surface area contributed by atoms with Crippen LogP contribution in [0.2, 0.25) is 0 Å². The van der Waals surface area contributed by atoms with E-state index in [0.29, 0.717) is 5.56 Å². The normalized spacial score (nSPS) is 21.4. The number of aliphatic hydroxyl groups excluding tert-OH is 1. The second kappa shape index (κ2) is 4.05. The van der Waals surface area contributed by atoms with Crippen LogP contribution in [0.5, 0.6) is 34.5 Å². The monoisotopic (exact) mass is 302 g/mol. The molecule has 2 aromatic rings. The fourth-order valence-corrected chi connectivity index (χ4v) is 2.64. The fraction of sp³-hybridized carbons (Fsp3) is 0.133. The number of carbonyl (C=O) groups excluding carboxylic acids is 1. The van der Waals surface area contributed by atoms with Crippen molar-refractivity contribution in [3.63, 3.8) is 0 Å². The number of rotatable bonds is 1. The number of benzene rings is 2. The molecular weight excluding hydrogens is 292 g/mol. The molecule has 2 atom stereocenters. The third-order valence-electron chi connectivity index (χ3n) is 3.79. The maximum absolute atomic E-state index is 12.3. The average molecular weight is 302 g/mol. The molecule has 0 spiro atoms. The Kier molecular flexibility index (Phi) is 2.35. The third-order valence-corrected chi connectivity index (χ3v) is 3.79. The summed E-state index contributed by atoms with van der Waals surface area (Å²) in [6.45, 7) is 0. The van der Waals surface area contributed by atoms with Gasteiger partial charge in [-0.05, 0) is 17.7 Å². The van der Waals surface area contributed by atoms with Crippen molar-refractivity contribution in [1.82, 2.24) is 0 Å². The van der Waals surface area contributed by atoms with Gasteiger partial charge in [-0.2, -0.15) is 0 Å². The summed E-state index contributed by atoms with van der Waals surface area (Å²) in [7, 11) is 0. The zero-order chi connectivity index (χ0) is 15.6. The summed E-state index contributed by atoms with van der Waals surface area (Å²) in [4.78, 5) is 12.3. The van der Waals surface area contributed by atoms with Crippen molar-refractivity contribution in [1.29, 1.82) is 0 Å². The number of phenolic OH excluding ortho intramolecular Hbond substituents is 3. The lowest BCUT2D eigenvalue weighted by molar-refractivity contribution is 0.0187. The van der Waals surface area contributed by atoms with E-state index in [2.05, 4.69) is 0 Å². The van der Waals surface area contributed by atoms with Gasteiger partial charge in [0.25, 0.3) is 0 Å². The first-order valence-electron chi connectivity index (χ1n) is 6.46. The van der Waals surface area contributed by atoms with E-state index in [1.54, 1.807) is 0 Å². The predicted octanol–water partition coefficient (Wildman–Crippen LogP) is 1.59. The number of hydrogen-bond acceptors (Lipinski definition) is 7. The number of ether oxygens (including phenoxy) is 2. The summed E-state index contributed by atoms with van der Waals surface area (Å²) < 4.78 is 10.6. The predicted molar refractivity (Wildman–Crippen MR) is 71.7 cm³/mol. The Morgan fingerprint density at radius 2 is 1.59 bits per heavy atom. The van der Waals surface area contributed by atoms with Gasteiger partial charge in [0.1, 0.15) is 11.3 Å². The lowest BCUT2D eigenvalue weighted by Crippen LogP contribution is -2.37. The zero-order valence-electron chi connectivity index (χ0n) is 11.0. The molecular formula is C15H10O7. The lowest BCUT2D eigenvalue weighted by atomic mass is 9.91. The quantitative estimate of drug-likeness (QED) is 0.539. The van der Waals surface area contributed by atoms with Crippen molar-refractivity contribution in [2.24, 2.45) is 0 Å². The molecule has 0 saturated heterocycles. The summed E-state index contributed by atoms with van der Waals surface area (Å²) in [5.74, 6) is -1.85. The summed E-state index contributed by atoms with van der Waals surface area (Å²) in [6, 6.07) is 5.79. The highest BCUT2D eigenvalue weighted by molar-refractivity contribution is 6.08. The Bertz CT molecular complexity index is 810. The zero-order valence-corrected chi connectivity index (χ0v) is 11.0. The number of ketones is 1. The maximum atomic E-state index is 12.3. The van der Waals surface area contributed by atoms with Gasteiger partial charge in [-0.15, -0.1) is 0 Å². The van der Waals surface area contributed by atoms with Gasteiger partial charge in [-0.25, -0.2) is 0 Å². The molecule has 112 valence electrons. The molecule has 7 nitrogen and oxygen atoms in total. The molecule has 2 unspecified atom stereocenters. The third kappa shape index (κ3) is 1.45. The van der Waals surface area contributed by atoms with E-state index in [1.807, 2.05) is 0 Å². The van der Waals surface area contributed by atoms with Gasteiger partial charge < -0.3 is 29.9 Å². The summed E-state index contributed by atoms with van der Waals surface area (Å²) in [6.07, 6.45) is -2.56. The van der Waals surface area contributed by atoms with E-state index in [1.165, 1.54) is 24.3 Å². The molecule has 3 aliphatic heterocycles. The largest absolute Gasteiger partial charge is 0.508 e. The minimum absolute atomic E-state index is 0.0332.